The van der Waals surface area contributed by atoms with Crippen molar-refractivity contribution in [2.24, 2.45) is 0 Å². The number of amides is 3. The molecule has 2 fully saturated rings. The molecule has 2 aliphatic rings. The van der Waals surface area contributed by atoms with Gasteiger partial charge in [0.05, 0.1) is 19.2 Å². The van der Waals surface area contributed by atoms with Crippen molar-refractivity contribution in [3.8, 4) is 5.75 Å². The molecule has 6 heteroatoms. The zero-order valence-electron chi connectivity index (χ0n) is 15.9. The summed E-state index contributed by atoms with van der Waals surface area (Å²) in [6.07, 6.45) is 2.45. The van der Waals surface area contributed by atoms with Crippen molar-refractivity contribution in [3.05, 3.63) is 29.8 Å². The monoisotopic (exact) mass is 359 g/mol. The van der Waals surface area contributed by atoms with Gasteiger partial charge in [0.15, 0.2) is 0 Å². The lowest BCUT2D eigenvalue weighted by Crippen LogP contribution is -2.46. The van der Waals surface area contributed by atoms with Gasteiger partial charge in [-0.25, -0.2) is 4.79 Å². The van der Waals surface area contributed by atoms with Crippen LogP contribution >= 0.6 is 0 Å². The number of nitrogens with one attached hydrogen (secondary N) is 1. The fourth-order valence-electron chi connectivity index (χ4n) is 3.45. The second-order valence-corrected chi connectivity index (χ2v) is 7.39. The van der Waals surface area contributed by atoms with Gasteiger partial charge in [-0.15, -0.1) is 0 Å². The molecule has 26 heavy (non-hydrogen) atoms. The number of benzene rings is 1. The second-order valence-electron chi connectivity index (χ2n) is 7.39. The van der Waals surface area contributed by atoms with Crippen molar-refractivity contribution >= 4 is 11.9 Å². The number of nitrogens with zero attached hydrogens (tertiary/aromatic N) is 2. The first-order valence-corrected chi connectivity index (χ1v) is 9.57. The summed E-state index contributed by atoms with van der Waals surface area (Å²) in [5.74, 6) is 0.945. The van der Waals surface area contributed by atoms with Crippen LogP contribution in [0.15, 0.2) is 24.3 Å². The lowest BCUT2D eigenvalue weighted by atomic mass is 10.2. The Morgan fingerprint density at radius 3 is 2.69 bits per heavy atom. The third-order valence-corrected chi connectivity index (χ3v) is 4.97. The Labute approximate surface area is 155 Å². The van der Waals surface area contributed by atoms with Crippen LogP contribution in [0.4, 0.5) is 4.79 Å². The van der Waals surface area contributed by atoms with Gasteiger partial charge in [-0.3, -0.25) is 4.79 Å². The van der Waals surface area contributed by atoms with Crippen molar-refractivity contribution in [1.29, 1.82) is 0 Å². The van der Waals surface area contributed by atoms with Crippen LogP contribution in [0.1, 0.15) is 45.6 Å². The molecular formula is C20H29N3O3. The molecule has 0 spiro atoms. The van der Waals surface area contributed by atoms with Crippen LogP contribution in [0, 0.1) is 0 Å². The van der Waals surface area contributed by atoms with Crippen LogP contribution in [0.25, 0.3) is 0 Å². The van der Waals surface area contributed by atoms with E-state index in [2.05, 4.69) is 5.32 Å². The van der Waals surface area contributed by atoms with E-state index in [1.54, 1.807) is 0 Å². The maximum Gasteiger partial charge on any atom is 0.318 e. The molecule has 1 heterocycles. The molecule has 0 aromatic heterocycles. The van der Waals surface area contributed by atoms with Gasteiger partial charge in [-0.05, 0) is 39.7 Å². The molecule has 1 atom stereocenters. The van der Waals surface area contributed by atoms with Gasteiger partial charge in [-0.1, -0.05) is 18.2 Å². The third kappa shape index (κ3) is 4.29. The van der Waals surface area contributed by atoms with Gasteiger partial charge in [0.1, 0.15) is 5.75 Å². The van der Waals surface area contributed by atoms with E-state index in [1.807, 2.05) is 54.8 Å². The summed E-state index contributed by atoms with van der Waals surface area (Å²) >= 11 is 0. The average molecular weight is 359 g/mol. The van der Waals surface area contributed by atoms with Gasteiger partial charge >= 0.3 is 6.03 Å². The Kier molecular flexibility index (Phi) is 5.69. The molecule has 1 aromatic carbocycles. The van der Waals surface area contributed by atoms with Gasteiger partial charge in [0.25, 0.3) is 0 Å². The number of hydrogen-bond acceptors (Lipinski definition) is 3. The summed E-state index contributed by atoms with van der Waals surface area (Å²) in [6.45, 7) is 7.69. The number of likely N-dealkylation sites (tertiary alicyclic amines) is 1. The van der Waals surface area contributed by atoms with E-state index >= 15 is 0 Å². The molecule has 1 aliphatic carbocycles. The van der Waals surface area contributed by atoms with E-state index in [4.69, 9.17) is 4.74 Å². The molecule has 3 amide bonds. The molecule has 1 N–H and O–H groups in total. The normalized spacial score (nSPS) is 19.8. The lowest BCUT2D eigenvalue weighted by Gasteiger charge is -2.26. The smallest absolute Gasteiger partial charge is 0.318 e. The van der Waals surface area contributed by atoms with E-state index < -0.39 is 0 Å². The predicted molar refractivity (Wildman–Crippen MR) is 100.0 cm³/mol. The van der Waals surface area contributed by atoms with Crippen molar-refractivity contribution in [1.82, 2.24) is 15.1 Å². The van der Waals surface area contributed by atoms with E-state index in [-0.39, 0.29) is 30.1 Å². The van der Waals surface area contributed by atoms with E-state index in [1.165, 1.54) is 0 Å². The average Bonchev–Trinajstić information content (AvgIpc) is 3.37. The molecule has 1 aromatic rings. The largest absolute Gasteiger partial charge is 0.494 e. The zero-order valence-corrected chi connectivity index (χ0v) is 15.9. The van der Waals surface area contributed by atoms with Crippen molar-refractivity contribution in [2.75, 3.05) is 13.2 Å². The number of rotatable bonds is 7. The van der Waals surface area contributed by atoms with Gasteiger partial charge in [0.2, 0.25) is 5.91 Å². The fourth-order valence-corrected chi connectivity index (χ4v) is 3.45. The quantitative estimate of drug-likeness (QED) is 0.814. The fraction of sp³-hybridized carbons (Fsp3) is 0.600. The third-order valence-electron chi connectivity index (χ3n) is 4.97. The molecule has 0 radical (unpaired) electrons. The number of hydrogen-bond donors (Lipinski definition) is 1. The molecule has 1 saturated heterocycles. The standard InChI is InChI=1S/C20H29N3O3/c1-4-26-18-8-6-5-7-15(18)12-23(17-9-10-17)20(25)21-16-11-19(24)22(13-16)14(2)3/h5-8,14,16-17H,4,9-13H2,1-3H3,(H,21,25). The van der Waals surface area contributed by atoms with Crippen LogP contribution in [0.5, 0.6) is 5.75 Å². The zero-order chi connectivity index (χ0) is 18.7. The number of ether oxygens (including phenoxy) is 1. The minimum absolute atomic E-state index is 0.0813. The van der Waals surface area contributed by atoms with Gasteiger partial charge in [0, 0.05) is 30.6 Å². The Bertz CT molecular complexity index is 657. The summed E-state index contributed by atoms with van der Waals surface area (Å²) in [4.78, 5) is 28.7. The number of urea groups is 1. The topological polar surface area (TPSA) is 61.9 Å². The number of carbonyl (C=O) groups excluding carboxylic acids is 2. The second kappa shape index (κ2) is 7.98. The summed E-state index contributed by atoms with van der Waals surface area (Å²) in [6, 6.07) is 8.12. The highest BCUT2D eigenvalue weighted by atomic mass is 16.5. The molecule has 0 bridgehead atoms. The van der Waals surface area contributed by atoms with Crippen molar-refractivity contribution in [3.63, 3.8) is 0 Å². The van der Waals surface area contributed by atoms with Crippen LogP contribution in [-0.2, 0) is 11.3 Å². The first kappa shape index (κ1) is 18.5. The van der Waals surface area contributed by atoms with Crippen molar-refractivity contribution in [2.45, 2.75) is 64.7 Å². The molecule has 1 aliphatic heterocycles. The maximum absolute atomic E-state index is 12.9. The van der Waals surface area contributed by atoms with Gasteiger partial charge < -0.3 is 19.9 Å². The first-order valence-electron chi connectivity index (χ1n) is 9.57. The number of carbonyl (C=O) groups is 2. The highest BCUT2D eigenvalue weighted by Gasteiger charge is 2.37. The van der Waals surface area contributed by atoms with Crippen molar-refractivity contribution < 1.29 is 14.3 Å². The Morgan fingerprint density at radius 2 is 2.08 bits per heavy atom. The minimum atomic E-state index is -0.110. The van der Waals surface area contributed by atoms with Crippen LogP contribution in [0.2, 0.25) is 0 Å². The number of para-hydroxylation sites is 1. The highest BCUT2D eigenvalue weighted by Crippen LogP contribution is 2.30. The molecule has 6 nitrogen and oxygen atoms in total. The predicted octanol–water partition coefficient (Wildman–Crippen LogP) is 2.77. The maximum atomic E-state index is 12.9. The van der Waals surface area contributed by atoms with E-state index in [0.717, 1.165) is 24.2 Å². The first-order chi connectivity index (χ1) is 12.5. The molecule has 1 unspecified atom stereocenters. The summed E-state index contributed by atoms with van der Waals surface area (Å²) in [5, 5.41) is 3.07. The molecule has 1 saturated carbocycles. The Balaban J connectivity index is 1.65. The summed E-state index contributed by atoms with van der Waals surface area (Å²) in [7, 11) is 0. The molecule has 142 valence electrons. The van der Waals surface area contributed by atoms with Crippen LogP contribution in [0.3, 0.4) is 0 Å². The summed E-state index contributed by atoms with van der Waals surface area (Å²) in [5.41, 5.74) is 1.02. The Hall–Kier alpha value is -2.24. The van der Waals surface area contributed by atoms with Crippen LogP contribution in [-0.4, -0.2) is 53.0 Å². The summed E-state index contributed by atoms with van der Waals surface area (Å²) < 4.78 is 5.70. The van der Waals surface area contributed by atoms with Gasteiger partial charge in [-0.2, -0.15) is 0 Å². The SMILES string of the molecule is CCOc1ccccc1CN(C(=O)NC1CC(=O)N(C(C)C)C1)C1CC1. The molecular weight excluding hydrogens is 330 g/mol. The van der Waals surface area contributed by atoms with Crippen LogP contribution < -0.4 is 10.1 Å². The van der Waals surface area contributed by atoms with E-state index in [9.17, 15) is 9.59 Å². The highest BCUT2D eigenvalue weighted by molar-refractivity contribution is 5.82. The minimum Gasteiger partial charge on any atom is -0.494 e. The lowest BCUT2D eigenvalue weighted by molar-refractivity contribution is -0.129. The van der Waals surface area contributed by atoms with E-state index in [0.29, 0.717) is 26.1 Å². The molecule has 3 rings (SSSR count). The Morgan fingerprint density at radius 1 is 1.35 bits per heavy atom.